The lowest BCUT2D eigenvalue weighted by Crippen LogP contribution is -2.38. The number of amides is 2. The second-order valence-corrected chi connectivity index (χ2v) is 7.54. The molecule has 7 nitrogen and oxygen atoms in total. The van der Waals surface area contributed by atoms with E-state index in [-0.39, 0.29) is 24.2 Å². The molecule has 168 valence electrons. The molecule has 0 bridgehead atoms. The third-order valence-corrected chi connectivity index (χ3v) is 4.90. The molecule has 0 unspecified atom stereocenters. The zero-order chi connectivity index (χ0) is 23.1. The molecule has 2 aromatic carbocycles. The van der Waals surface area contributed by atoms with Crippen LogP contribution < -0.4 is 5.32 Å². The highest BCUT2D eigenvalue weighted by Crippen LogP contribution is 2.25. The molecule has 0 aliphatic rings. The molecule has 0 aliphatic heterocycles. The number of ether oxygens (including phenoxy) is 1. The molecule has 0 fully saturated rings. The van der Waals surface area contributed by atoms with Crippen LogP contribution in [0.2, 0.25) is 0 Å². The van der Waals surface area contributed by atoms with E-state index >= 15 is 0 Å². The Balaban J connectivity index is 1.87. The van der Waals surface area contributed by atoms with Gasteiger partial charge in [-0.1, -0.05) is 23.8 Å². The second kappa shape index (κ2) is 10.7. The van der Waals surface area contributed by atoms with Crippen molar-refractivity contribution in [2.75, 3.05) is 33.9 Å². The predicted octanol–water partition coefficient (Wildman–Crippen LogP) is 3.21. The van der Waals surface area contributed by atoms with Gasteiger partial charge in [-0.25, -0.2) is 9.07 Å². The van der Waals surface area contributed by atoms with Crippen molar-refractivity contribution < 1.29 is 18.7 Å². The predicted molar refractivity (Wildman–Crippen MR) is 120 cm³/mol. The van der Waals surface area contributed by atoms with Crippen molar-refractivity contribution in [3.63, 3.8) is 0 Å². The number of aryl methyl sites for hydroxylation is 1. The summed E-state index contributed by atoms with van der Waals surface area (Å²) in [5.41, 5.74) is 3.29. The molecule has 3 aromatic rings. The first-order chi connectivity index (χ1) is 15.4. The van der Waals surface area contributed by atoms with Crippen molar-refractivity contribution in [3.05, 3.63) is 71.7 Å². The topological polar surface area (TPSA) is 76.5 Å². The molecule has 0 saturated heterocycles. The minimum atomic E-state index is -0.354. The molecule has 0 radical (unpaired) electrons. The fourth-order valence-electron chi connectivity index (χ4n) is 3.26. The lowest BCUT2D eigenvalue weighted by atomic mass is 10.1. The maximum Gasteiger partial charge on any atom is 0.257 e. The Labute approximate surface area is 186 Å². The normalized spacial score (nSPS) is 10.8. The van der Waals surface area contributed by atoms with E-state index in [1.165, 1.54) is 17.0 Å². The highest BCUT2D eigenvalue weighted by Gasteiger charge is 2.23. The largest absolute Gasteiger partial charge is 0.385 e. The van der Waals surface area contributed by atoms with E-state index in [0.29, 0.717) is 36.5 Å². The summed E-state index contributed by atoms with van der Waals surface area (Å²) in [7, 11) is 3.18. The molecule has 1 aromatic heterocycles. The first-order valence-electron chi connectivity index (χ1n) is 10.3. The first-order valence-corrected chi connectivity index (χ1v) is 10.3. The van der Waals surface area contributed by atoms with Crippen LogP contribution in [0.5, 0.6) is 0 Å². The van der Waals surface area contributed by atoms with Crippen LogP contribution in [-0.2, 0) is 9.53 Å². The number of methoxy groups -OCH3 is 1. The standard InChI is InChI=1S/C24H27FN4O3/c1-17-6-4-7-18(14-17)23-21(15-29(27-23)20-10-8-19(25)9-11-20)24(31)28(2)16-22(30)26-12-5-13-32-3/h4,6-11,14-15H,5,12-13,16H2,1-3H3,(H,26,30). The molecule has 8 heteroatoms. The number of nitrogens with one attached hydrogen (secondary N) is 1. The molecule has 32 heavy (non-hydrogen) atoms. The van der Waals surface area contributed by atoms with Gasteiger partial charge < -0.3 is 15.0 Å². The molecule has 0 spiro atoms. The van der Waals surface area contributed by atoms with Gasteiger partial charge in [0.05, 0.1) is 17.8 Å². The first kappa shape index (κ1) is 23.1. The van der Waals surface area contributed by atoms with Gasteiger partial charge in [0.2, 0.25) is 5.91 Å². The van der Waals surface area contributed by atoms with Gasteiger partial charge in [-0.15, -0.1) is 0 Å². The minimum Gasteiger partial charge on any atom is -0.385 e. The summed E-state index contributed by atoms with van der Waals surface area (Å²) in [5, 5.41) is 7.38. The molecule has 3 rings (SSSR count). The van der Waals surface area contributed by atoms with Crippen molar-refractivity contribution in [2.24, 2.45) is 0 Å². The number of carbonyl (C=O) groups excluding carboxylic acids is 2. The van der Waals surface area contributed by atoms with Gasteiger partial charge in [0, 0.05) is 39.1 Å². The molecular formula is C24H27FN4O3. The van der Waals surface area contributed by atoms with Gasteiger partial charge in [-0.3, -0.25) is 9.59 Å². The molecule has 1 heterocycles. The van der Waals surface area contributed by atoms with Crippen LogP contribution in [0.15, 0.2) is 54.7 Å². The fraction of sp³-hybridized carbons (Fsp3) is 0.292. The SMILES string of the molecule is COCCCNC(=O)CN(C)C(=O)c1cn(-c2ccc(F)cc2)nc1-c1cccc(C)c1. The second-order valence-electron chi connectivity index (χ2n) is 7.54. The van der Waals surface area contributed by atoms with E-state index in [4.69, 9.17) is 4.74 Å². The Morgan fingerprint density at radius 1 is 1.19 bits per heavy atom. The van der Waals surface area contributed by atoms with E-state index in [9.17, 15) is 14.0 Å². The molecule has 1 N–H and O–H groups in total. The Morgan fingerprint density at radius 2 is 1.94 bits per heavy atom. The number of halogens is 1. The average Bonchev–Trinajstić information content (AvgIpc) is 3.22. The number of aromatic nitrogens is 2. The fourth-order valence-corrected chi connectivity index (χ4v) is 3.26. The van der Waals surface area contributed by atoms with Crippen LogP contribution in [0.3, 0.4) is 0 Å². The van der Waals surface area contributed by atoms with Gasteiger partial charge >= 0.3 is 0 Å². The Kier molecular flexibility index (Phi) is 7.72. The van der Waals surface area contributed by atoms with E-state index < -0.39 is 0 Å². The number of hydrogen-bond donors (Lipinski definition) is 1. The number of likely N-dealkylation sites (N-methyl/N-ethyl adjacent to an activating group) is 1. The van der Waals surface area contributed by atoms with Crippen molar-refractivity contribution in [3.8, 4) is 16.9 Å². The maximum absolute atomic E-state index is 13.3. The quantitative estimate of drug-likeness (QED) is 0.521. The summed E-state index contributed by atoms with van der Waals surface area (Å²) in [6.45, 7) is 2.91. The van der Waals surface area contributed by atoms with Crippen LogP contribution >= 0.6 is 0 Å². The Morgan fingerprint density at radius 3 is 2.62 bits per heavy atom. The smallest absolute Gasteiger partial charge is 0.257 e. The summed E-state index contributed by atoms with van der Waals surface area (Å²) >= 11 is 0. The minimum absolute atomic E-state index is 0.0825. The van der Waals surface area contributed by atoms with Crippen LogP contribution in [-0.4, -0.2) is 60.3 Å². The maximum atomic E-state index is 13.3. The number of benzene rings is 2. The third kappa shape index (κ3) is 5.79. The summed E-state index contributed by atoms with van der Waals surface area (Å²) in [5.74, 6) is -0.936. The number of hydrogen-bond acceptors (Lipinski definition) is 4. The van der Waals surface area contributed by atoms with Gasteiger partial charge in [0.15, 0.2) is 0 Å². The summed E-state index contributed by atoms with van der Waals surface area (Å²) in [6, 6.07) is 13.5. The van der Waals surface area contributed by atoms with Crippen LogP contribution in [0.25, 0.3) is 16.9 Å². The van der Waals surface area contributed by atoms with Crippen molar-refractivity contribution in [2.45, 2.75) is 13.3 Å². The van der Waals surface area contributed by atoms with Gasteiger partial charge in [0.1, 0.15) is 11.5 Å². The van der Waals surface area contributed by atoms with E-state index in [2.05, 4.69) is 10.4 Å². The lowest BCUT2D eigenvalue weighted by Gasteiger charge is -2.16. The molecule has 2 amide bonds. The average molecular weight is 439 g/mol. The van der Waals surface area contributed by atoms with Gasteiger partial charge in [-0.2, -0.15) is 5.10 Å². The molecular weight excluding hydrogens is 411 g/mol. The van der Waals surface area contributed by atoms with E-state index in [0.717, 1.165) is 11.1 Å². The lowest BCUT2D eigenvalue weighted by molar-refractivity contribution is -0.121. The summed E-state index contributed by atoms with van der Waals surface area (Å²) in [4.78, 5) is 26.8. The van der Waals surface area contributed by atoms with Crippen molar-refractivity contribution in [1.82, 2.24) is 20.0 Å². The summed E-state index contributed by atoms with van der Waals surface area (Å²) in [6.07, 6.45) is 2.31. The number of nitrogens with zero attached hydrogens (tertiary/aromatic N) is 3. The van der Waals surface area contributed by atoms with Crippen molar-refractivity contribution in [1.29, 1.82) is 0 Å². The van der Waals surface area contributed by atoms with Gasteiger partial charge in [-0.05, 0) is 43.7 Å². The number of carbonyl (C=O) groups is 2. The zero-order valence-electron chi connectivity index (χ0n) is 18.5. The highest BCUT2D eigenvalue weighted by molar-refractivity contribution is 6.01. The molecule has 0 aliphatic carbocycles. The van der Waals surface area contributed by atoms with Crippen LogP contribution in [0.4, 0.5) is 4.39 Å². The van der Waals surface area contributed by atoms with Crippen LogP contribution in [0, 0.1) is 12.7 Å². The van der Waals surface area contributed by atoms with Gasteiger partial charge in [0.25, 0.3) is 5.91 Å². The molecule has 0 atom stereocenters. The van der Waals surface area contributed by atoms with Crippen molar-refractivity contribution >= 4 is 11.8 Å². The Hall–Kier alpha value is -3.52. The van der Waals surface area contributed by atoms with E-state index in [1.54, 1.807) is 37.2 Å². The molecule has 0 saturated carbocycles. The van der Waals surface area contributed by atoms with Crippen LogP contribution in [0.1, 0.15) is 22.3 Å². The highest BCUT2D eigenvalue weighted by atomic mass is 19.1. The monoisotopic (exact) mass is 438 g/mol. The zero-order valence-corrected chi connectivity index (χ0v) is 18.5. The number of rotatable bonds is 9. The third-order valence-electron chi connectivity index (χ3n) is 4.90. The summed E-state index contributed by atoms with van der Waals surface area (Å²) < 4.78 is 19.9. The van der Waals surface area contributed by atoms with E-state index in [1.807, 2.05) is 31.2 Å². The Bertz CT molecular complexity index is 1080.